The summed E-state index contributed by atoms with van der Waals surface area (Å²) in [4.78, 5) is 23.5. The van der Waals surface area contributed by atoms with Crippen LogP contribution in [0.4, 0.5) is 11.4 Å². The van der Waals surface area contributed by atoms with Crippen molar-refractivity contribution in [1.82, 2.24) is 0 Å². The molecule has 0 N–H and O–H groups in total. The highest BCUT2D eigenvalue weighted by atomic mass is 16.6. The van der Waals surface area contributed by atoms with Gasteiger partial charge in [0.25, 0.3) is 5.69 Å². The van der Waals surface area contributed by atoms with Crippen LogP contribution in [0.25, 0.3) is 0 Å². The van der Waals surface area contributed by atoms with E-state index in [0.29, 0.717) is 6.54 Å². The highest BCUT2D eigenvalue weighted by molar-refractivity contribution is 5.55. The van der Waals surface area contributed by atoms with Gasteiger partial charge >= 0.3 is 0 Å². The molecule has 24 heavy (non-hydrogen) atoms. The molecule has 0 saturated carbocycles. The first-order chi connectivity index (χ1) is 11.5. The highest BCUT2D eigenvalue weighted by Crippen LogP contribution is 2.37. The summed E-state index contributed by atoms with van der Waals surface area (Å²) in [6.07, 6.45) is 0.786. The average molecular weight is 327 g/mol. The minimum Gasteiger partial charge on any atom is -0.358 e. The monoisotopic (exact) mass is 327 g/mol. The largest absolute Gasteiger partial charge is 0.358 e. The van der Waals surface area contributed by atoms with Crippen molar-refractivity contribution in [3.63, 3.8) is 0 Å². The average Bonchev–Trinajstić information content (AvgIpc) is 2.60. The summed E-state index contributed by atoms with van der Waals surface area (Å²) in [7, 11) is 0. The topological polar surface area (TPSA) is 89.5 Å². The molecule has 0 radical (unpaired) electrons. The maximum Gasteiger partial charge on any atom is 0.269 e. The fourth-order valence-electron chi connectivity index (χ4n) is 3.29. The van der Waals surface area contributed by atoms with E-state index in [9.17, 15) is 20.2 Å². The Morgan fingerprint density at radius 2 is 1.75 bits per heavy atom. The number of fused-ring (bicyclic) bond motifs is 1. The first-order valence-corrected chi connectivity index (χ1v) is 7.71. The number of anilines is 1. The van der Waals surface area contributed by atoms with Crippen molar-refractivity contribution in [2.75, 3.05) is 11.4 Å². The molecule has 2 atom stereocenters. The number of benzene rings is 2. The van der Waals surface area contributed by atoms with Gasteiger partial charge in [0.2, 0.25) is 6.04 Å². The van der Waals surface area contributed by atoms with E-state index in [0.717, 1.165) is 23.2 Å². The van der Waals surface area contributed by atoms with Crippen molar-refractivity contribution in [3.8, 4) is 0 Å². The number of nitrogens with zero attached hydrogens (tertiary/aromatic N) is 3. The summed E-state index contributed by atoms with van der Waals surface area (Å²) >= 11 is 0. The van der Waals surface area contributed by atoms with Crippen molar-refractivity contribution < 1.29 is 9.85 Å². The summed E-state index contributed by atoms with van der Waals surface area (Å²) in [5.74, 6) is 0. The lowest BCUT2D eigenvalue weighted by molar-refractivity contribution is -0.522. The number of non-ortho nitro benzene ring substituents is 1. The number of nitro groups is 2. The fourth-order valence-corrected chi connectivity index (χ4v) is 3.29. The molecule has 0 saturated heterocycles. The molecule has 1 aliphatic rings. The van der Waals surface area contributed by atoms with Gasteiger partial charge in [-0.2, -0.15) is 0 Å². The Labute approximate surface area is 138 Å². The Kier molecular flexibility index (Phi) is 4.16. The normalized spacial score (nSPS) is 17.9. The van der Waals surface area contributed by atoms with E-state index in [2.05, 4.69) is 0 Å². The molecule has 0 aliphatic carbocycles. The lowest BCUT2D eigenvalue weighted by atomic mass is 9.88. The lowest BCUT2D eigenvalue weighted by Crippen LogP contribution is -2.43. The SMILES string of the molecule is CC(C1c2ccccc2CCN1c1ccc([N+](=O)[O-])cc1)[N+](=O)[O-]. The van der Waals surface area contributed by atoms with E-state index in [-0.39, 0.29) is 10.6 Å². The van der Waals surface area contributed by atoms with Gasteiger partial charge in [-0.25, -0.2) is 0 Å². The van der Waals surface area contributed by atoms with Gasteiger partial charge in [-0.3, -0.25) is 20.2 Å². The van der Waals surface area contributed by atoms with Crippen molar-refractivity contribution in [1.29, 1.82) is 0 Å². The van der Waals surface area contributed by atoms with E-state index in [1.807, 2.05) is 29.2 Å². The maximum atomic E-state index is 11.4. The van der Waals surface area contributed by atoms with Crippen LogP contribution in [0.5, 0.6) is 0 Å². The molecule has 3 rings (SSSR count). The molecule has 0 bridgehead atoms. The molecule has 7 nitrogen and oxygen atoms in total. The lowest BCUT2D eigenvalue weighted by Gasteiger charge is -2.39. The van der Waals surface area contributed by atoms with Crippen molar-refractivity contribution in [2.24, 2.45) is 0 Å². The first kappa shape index (κ1) is 15.9. The molecule has 1 aliphatic heterocycles. The summed E-state index contributed by atoms with van der Waals surface area (Å²) in [5, 5.41) is 22.2. The van der Waals surface area contributed by atoms with Crippen molar-refractivity contribution in [2.45, 2.75) is 25.4 Å². The Morgan fingerprint density at radius 3 is 2.38 bits per heavy atom. The van der Waals surface area contributed by atoms with Crippen LogP contribution in [0.2, 0.25) is 0 Å². The van der Waals surface area contributed by atoms with Gasteiger partial charge in [0.05, 0.1) is 4.92 Å². The van der Waals surface area contributed by atoms with Crippen LogP contribution in [0.1, 0.15) is 24.1 Å². The van der Waals surface area contributed by atoms with Gasteiger partial charge in [0.15, 0.2) is 0 Å². The molecule has 0 aromatic heterocycles. The zero-order valence-electron chi connectivity index (χ0n) is 13.2. The zero-order valence-corrected chi connectivity index (χ0v) is 13.2. The third-order valence-corrected chi connectivity index (χ3v) is 4.51. The smallest absolute Gasteiger partial charge is 0.269 e. The minimum atomic E-state index is -0.790. The fraction of sp³-hybridized carbons (Fsp3) is 0.294. The highest BCUT2D eigenvalue weighted by Gasteiger charge is 2.37. The standard InChI is InChI=1S/C17H17N3O4/c1-12(19(21)22)17-16-5-3-2-4-13(16)10-11-18(17)14-6-8-15(9-7-14)20(23)24/h2-9,12,17H,10-11H2,1H3. The molecule has 2 unspecified atom stereocenters. The first-order valence-electron chi connectivity index (χ1n) is 7.71. The Bertz CT molecular complexity index is 776. The van der Waals surface area contributed by atoms with E-state index in [1.54, 1.807) is 19.1 Å². The molecular formula is C17H17N3O4. The third-order valence-electron chi connectivity index (χ3n) is 4.51. The molecular weight excluding hydrogens is 310 g/mol. The molecule has 2 aromatic carbocycles. The number of hydrogen-bond acceptors (Lipinski definition) is 5. The van der Waals surface area contributed by atoms with Gasteiger partial charge < -0.3 is 4.90 Å². The summed E-state index contributed by atoms with van der Waals surface area (Å²) in [6.45, 7) is 2.24. The quantitative estimate of drug-likeness (QED) is 0.634. The van der Waals surface area contributed by atoms with Crippen LogP contribution in [-0.2, 0) is 6.42 Å². The molecule has 0 spiro atoms. The van der Waals surface area contributed by atoms with Crippen LogP contribution in [0.3, 0.4) is 0 Å². The number of nitro benzene ring substituents is 1. The van der Waals surface area contributed by atoms with Crippen LogP contribution >= 0.6 is 0 Å². The Morgan fingerprint density at radius 1 is 1.08 bits per heavy atom. The molecule has 7 heteroatoms. The minimum absolute atomic E-state index is 0.00929. The number of rotatable bonds is 4. The van der Waals surface area contributed by atoms with Crippen LogP contribution < -0.4 is 4.90 Å². The molecule has 124 valence electrons. The van der Waals surface area contributed by atoms with E-state index < -0.39 is 17.0 Å². The third kappa shape index (κ3) is 2.80. The molecule has 2 aromatic rings. The van der Waals surface area contributed by atoms with Crippen molar-refractivity contribution >= 4 is 11.4 Å². The van der Waals surface area contributed by atoms with Gasteiger partial charge in [-0.05, 0) is 29.7 Å². The Hall–Kier alpha value is -2.96. The second-order valence-corrected chi connectivity index (χ2v) is 5.89. The Balaban J connectivity index is 2.02. The van der Waals surface area contributed by atoms with Gasteiger partial charge in [-0.1, -0.05) is 24.3 Å². The van der Waals surface area contributed by atoms with Gasteiger partial charge in [-0.15, -0.1) is 0 Å². The van der Waals surface area contributed by atoms with Crippen molar-refractivity contribution in [3.05, 3.63) is 79.9 Å². The van der Waals surface area contributed by atoms with Gasteiger partial charge in [0.1, 0.15) is 6.04 Å². The van der Waals surface area contributed by atoms with Crippen LogP contribution in [-0.4, -0.2) is 22.4 Å². The van der Waals surface area contributed by atoms with Crippen LogP contribution in [0, 0.1) is 20.2 Å². The maximum absolute atomic E-state index is 11.4. The second kappa shape index (κ2) is 6.27. The van der Waals surface area contributed by atoms with E-state index in [4.69, 9.17) is 0 Å². The second-order valence-electron chi connectivity index (χ2n) is 5.89. The van der Waals surface area contributed by atoms with Gasteiger partial charge in [0, 0.05) is 36.2 Å². The van der Waals surface area contributed by atoms with Crippen LogP contribution in [0.15, 0.2) is 48.5 Å². The summed E-state index contributed by atoms with van der Waals surface area (Å²) in [6, 6.07) is 12.8. The van der Waals surface area contributed by atoms with E-state index >= 15 is 0 Å². The molecule has 0 amide bonds. The summed E-state index contributed by atoms with van der Waals surface area (Å²) in [5.41, 5.74) is 2.84. The predicted octanol–water partition coefficient (Wildman–Crippen LogP) is 3.36. The zero-order chi connectivity index (χ0) is 17.3. The summed E-state index contributed by atoms with van der Waals surface area (Å²) < 4.78 is 0. The predicted molar refractivity (Wildman–Crippen MR) is 89.8 cm³/mol. The molecule has 1 heterocycles. The number of hydrogen-bond donors (Lipinski definition) is 0. The van der Waals surface area contributed by atoms with E-state index in [1.165, 1.54) is 12.1 Å². The molecule has 0 fully saturated rings.